The highest BCUT2D eigenvalue weighted by Gasteiger charge is 2.20. The van der Waals surface area contributed by atoms with E-state index in [9.17, 15) is 4.79 Å². The molecule has 1 aromatic rings. The average Bonchev–Trinajstić information content (AvgIpc) is 2.45. The Morgan fingerprint density at radius 2 is 2.10 bits per heavy atom. The number of ether oxygens (including phenoxy) is 1. The molecule has 20 heavy (non-hydrogen) atoms. The van der Waals surface area contributed by atoms with E-state index in [1.165, 1.54) is 0 Å². The van der Waals surface area contributed by atoms with Crippen LogP contribution in [0.5, 0.6) is 0 Å². The number of hydrogen-bond acceptors (Lipinski definition) is 3. The van der Waals surface area contributed by atoms with E-state index in [0.29, 0.717) is 24.3 Å². The Bertz CT molecular complexity index is 500. The maximum atomic E-state index is 12.6. The van der Waals surface area contributed by atoms with Crippen molar-refractivity contribution in [3.63, 3.8) is 0 Å². The van der Waals surface area contributed by atoms with Gasteiger partial charge in [-0.1, -0.05) is 24.0 Å². The summed E-state index contributed by atoms with van der Waals surface area (Å²) in [4.78, 5) is 14.4. The Morgan fingerprint density at radius 1 is 1.40 bits per heavy atom. The Hall–Kier alpha value is -1.83. The molecule has 108 valence electrons. The van der Waals surface area contributed by atoms with Gasteiger partial charge in [0.05, 0.1) is 12.2 Å². The second-order valence-corrected chi connectivity index (χ2v) is 4.59. The first-order chi connectivity index (χ1) is 9.61. The second kappa shape index (κ2) is 8.36. The molecule has 4 heteroatoms. The molecule has 0 unspecified atom stereocenters. The molecule has 1 N–H and O–H groups in total. The normalized spacial score (nSPS) is 10.1. The second-order valence-electron chi connectivity index (χ2n) is 4.59. The summed E-state index contributed by atoms with van der Waals surface area (Å²) in [6.07, 6.45) is 0. The predicted molar refractivity (Wildman–Crippen MR) is 78.5 cm³/mol. The number of carbonyl (C=O) groups is 1. The van der Waals surface area contributed by atoms with Gasteiger partial charge in [-0.2, -0.15) is 0 Å². The van der Waals surface area contributed by atoms with Gasteiger partial charge in [0.2, 0.25) is 0 Å². The van der Waals surface area contributed by atoms with E-state index in [-0.39, 0.29) is 18.6 Å². The van der Waals surface area contributed by atoms with Gasteiger partial charge in [0.15, 0.2) is 0 Å². The van der Waals surface area contributed by atoms with Crippen LogP contribution in [-0.2, 0) is 4.74 Å². The van der Waals surface area contributed by atoms with Crippen LogP contribution in [0.1, 0.15) is 29.8 Å². The lowest BCUT2D eigenvalue weighted by atomic mass is 10.1. The molecular weight excluding hydrogens is 254 g/mol. The van der Waals surface area contributed by atoms with Crippen LogP contribution in [-0.4, -0.2) is 48.8 Å². The number of aliphatic hydroxyl groups excluding tert-OH is 1. The van der Waals surface area contributed by atoms with E-state index >= 15 is 0 Å². The number of aliphatic hydroxyl groups is 1. The Kier molecular flexibility index (Phi) is 6.78. The number of nitrogens with zero attached hydrogens (tertiary/aromatic N) is 1. The van der Waals surface area contributed by atoms with Crippen LogP contribution < -0.4 is 0 Å². The zero-order valence-corrected chi connectivity index (χ0v) is 12.2. The van der Waals surface area contributed by atoms with Crippen LogP contribution in [0.25, 0.3) is 0 Å². The van der Waals surface area contributed by atoms with Gasteiger partial charge >= 0.3 is 0 Å². The van der Waals surface area contributed by atoms with Crippen molar-refractivity contribution in [2.45, 2.75) is 19.9 Å². The fourth-order valence-electron chi connectivity index (χ4n) is 1.85. The summed E-state index contributed by atoms with van der Waals surface area (Å²) in [6, 6.07) is 7.26. The zero-order valence-electron chi connectivity index (χ0n) is 12.2. The monoisotopic (exact) mass is 275 g/mol. The van der Waals surface area contributed by atoms with Gasteiger partial charge in [-0.3, -0.25) is 4.79 Å². The first kappa shape index (κ1) is 16.2. The molecule has 0 radical (unpaired) electrons. The molecule has 0 bridgehead atoms. The molecule has 0 aromatic heterocycles. The van der Waals surface area contributed by atoms with Crippen LogP contribution in [0.2, 0.25) is 0 Å². The smallest absolute Gasteiger partial charge is 0.255 e. The van der Waals surface area contributed by atoms with Crippen molar-refractivity contribution in [2.75, 3.05) is 26.9 Å². The summed E-state index contributed by atoms with van der Waals surface area (Å²) in [5.41, 5.74) is 1.19. The largest absolute Gasteiger partial charge is 0.384 e. The molecule has 4 nitrogen and oxygen atoms in total. The highest BCUT2D eigenvalue weighted by atomic mass is 16.5. The summed E-state index contributed by atoms with van der Waals surface area (Å²) in [5.74, 6) is 5.33. The van der Waals surface area contributed by atoms with Gasteiger partial charge in [0, 0.05) is 25.3 Å². The van der Waals surface area contributed by atoms with Crippen molar-refractivity contribution in [1.82, 2.24) is 4.90 Å². The first-order valence-electron chi connectivity index (χ1n) is 6.60. The van der Waals surface area contributed by atoms with E-state index in [4.69, 9.17) is 9.84 Å². The molecular formula is C16H21NO3. The summed E-state index contributed by atoms with van der Waals surface area (Å²) in [6.45, 7) is 4.74. The van der Waals surface area contributed by atoms with Crippen molar-refractivity contribution in [3.05, 3.63) is 35.4 Å². The molecule has 0 spiro atoms. The number of amides is 1. The van der Waals surface area contributed by atoms with Crippen molar-refractivity contribution in [2.24, 2.45) is 0 Å². The van der Waals surface area contributed by atoms with Crippen LogP contribution in [0.4, 0.5) is 0 Å². The van der Waals surface area contributed by atoms with Crippen molar-refractivity contribution >= 4 is 5.91 Å². The molecule has 0 aliphatic heterocycles. The molecule has 0 saturated heterocycles. The van der Waals surface area contributed by atoms with Gasteiger partial charge in [0.1, 0.15) is 6.61 Å². The fourth-order valence-corrected chi connectivity index (χ4v) is 1.85. The highest BCUT2D eigenvalue weighted by molar-refractivity contribution is 5.96. The maximum Gasteiger partial charge on any atom is 0.255 e. The van der Waals surface area contributed by atoms with Crippen molar-refractivity contribution in [3.8, 4) is 11.8 Å². The lowest BCUT2D eigenvalue weighted by Crippen LogP contribution is -2.39. The SMILES string of the molecule is COCCN(C(=O)c1ccccc1C#CCO)C(C)C. The van der Waals surface area contributed by atoms with E-state index in [1.807, 2.05) is 26.0 Å². The molecule has 1 amide bonds. The highest BCUT2D eigenvalue weighted by Crippen LogP contribution is 2.13. The van der Waals surface area contributed by atoms with Gasteiger partial charge in [-0.25, -0.2) is 0 Å². The zero-order chi connectivity index (χ0) is 15.0. The van der Waals surface area contributed by atoms with Crippen LogP contribution in [0.3, 0.4) is 0 Å². The molecule has 1 rings (SSSR count). The van der Waals surface area contributed by atoms with E-state index in [0.717, 1.165) is 0 Å². The number of methoxy groups -OCH3 is 1. The molecule has 0 aliphatic rings. The number of benzene rings is 1. The first-order valence-corrected chi connectivity index (χ1v) is 6.60. The summed E-state index contributed by atoms with van der Waals surface area (Å²) in [5, 5.41) is 8.79. The third-order valence-corrected chi connectivity index (χ3v) is 2.88. The van der Waals surface area contributed by atoms with Crippen LogP contribution in [0.15, 0.2) is 24.3 Å². The predicted octanol–water partition coefficient (Wildman–Crippen LogP) is 1.53. The van der Waals surface area contributed by atoms with Gasteiger partial charge in [-0.15, -0.1) is 0 Å². The van der Waals surface area contributed by atoms with Crippen LogP contribution in [0, 0.1) is 11.8 Å². The Balaban J connectivity index is 3.05. The lowest BCUT2D eigenvalue weighted by molar-refractivity contribution is 0.0634. The Labute approximate surface area is 120 Å². The van der Waals surface area contributed by atoms with E-state index in [1.54, 1.807) is 24.1 Å². The molecule has 0 saturated carbocycles. The minimum Gasteiger partial charge on any atom is -0.384 e. The molecule has 0 heterocycles. The number of rotatable bonds is 5. The topological polar surface area (TPSA) is 49.8 Å². The molecule has 0 aliphatic carbocycles. The quantitative estimate of drug-likeness (QED) is 0.829. The van der Waals surface area contributed by atoms with E-state index in [2.05, 4.69) is 11.8 Å². The minimum absolute atomic E-state index is 0.0695. The average molecular weight is 275 g/mol. The number of carbonyl (C=O) groups excluding carboxylic acids is 1. The van der Waals surface area contributed by atoms with Crippen molar-refractivity contribution in [1.29, 1.82) is 0 Å². The van der Waals surface area contributed by atoms with E-state index < -0.39 is 0 Å². The van der Waals surface area contributed by atoms with Crippen LogP contribution >= 0.6 is 0 Å². The van der Waals surface area contributed by atoms with Gasteiger partial charge in [-0.05, 0) is 26.0 Å². The number of hydrogen-bond donors (Lipinski definition) is 1. The standard InChI is InChI=1S/C16H21NO3/c1-13(2)17(10-12-20-3)16(19)15-9-5-4-7-14(15)8-6-11-18/h4-5,7,9,13,18H,10-12H2,1-3H3. The minimum atomic E-state index is -0.222. The van der Waals surface area contributed by atoms with Gasteiger partial charge < -0.3 is 14.7 Å². The molecule has 0 atom stereocenters. The van der Waals surface area contributed by atoms with Gasteiger partial charge in [0.25, 0.3) is 5.91 Å². The fraction of sp³-hybridized carbons (Fsp3) is 0.438. The lowest BCUT2D eigenvalue weighted by Gasteiger charge is -2.27. The summed E-state index contributed by atoms with van der Waals surface area (Å²) in [7, 11) is 1.61. The molecule has 1 aromatic carbocycles. The summed E-state index contributed by atoms with van der Waals surface area (Å²) < 4.78 is 5.05. The van der Waals surface area contributed by atoms with Crippen molar-refractivity contribution < 1.29 is 14.6 Å². The summed E-state index contributed by atoms with van der Waals surface area (Å²) >= 11 is 0. The maximum absolute atomic E-state index is 12.6. The third kappa shape index (κ3) is 4.37. The molecule has 0 fully saturated rings. The third-order valence-electron chi connectivity index (χ3n) is 2.88. The Morgan fingerprint density at radius 3 is 2.70 bits per heavy atom.